The molecule has 1 aromatic carbocycles. The number of fused-ring (bicyclic) bond motifs is 2. The van der Waals surface area contributed by atoms with Gasteiger partial charge in [-0.05, 0) is 57.7 Å². The van der Waals surface area contributed by atoms with Gasteiger partial charge >= 0.3 is 12.2 Å². The second kappa shape index (κ2) is 9.84. The molecule has 0 radical (unpaired) electrons. The molecule has 0 bridgehead atoms. The zero-order valence-corrected chi connectivity index (χ0v) is 21.8. The van der Waals surface area contributed by atoms with Gasteiger partial charge in [0, 0.05) is 43.8 Å². The molecule has 12 heteroatoms. The van der Waals surface area contributed by atoms with Gasteiger partial charge < -0.3 is 29.4 Å². The number of hydrogen-bond acceptors (Lipinski definition) is 9. The van der Waals surface area contributed by atoms with E-state index in [4.69, 9.17) is 14.1 Å². The van der Waals surface area contributed by atoms with E-state index in [0.717, 1.165) is 30.6 Å². The summed E-state index contributed by atoms with van der Waals surface area (Å²) in [6, 6.07) is 7.11. The molecule has 0 spiro atoms. The van der Waals surface area contributed by atoms with Crippen LogP contribution in [0.1, 0.15) is 33.6 Å². The fourth-order valence-electron chi connectivity index (χ4n) is 4.62. The Morgan fingerprint density at radius 3 is 2.68 bits per heavy atom. The van der Waals surface area contributed by atoms with Crippen molar-refractivity contribution in [3.05, 3.63) is 36.7 Å². The lowest BCUT2D eigenvalue weighted by atomic mass is 9.96. The van der Waals surface area contributed by atoms with Crippen molar-refractivity contribution in [1.29, 1.82) is 0 Å². The molecule has 0 saturated carbocycles. The van der Waals surface area contributed by atoms with Crippen LogP contribution < -0.4 is 10.2 Å². The van der Waals surface area contributed by atoms with Gasteiger partial charge in [0.1, 0.15) is 11.1 Å². The van der Waals surface area contributed by atoms with Crippen molar-refractivity contribution in [1.82, 2.24) is 24.6 Å². The van der Waals surface area contributed by atoms with Gasteiger partial charge in [0.2, 0.25) is 5.95 Å². The Labute approximate surface area is 219 Å². The summed E-state index contributed by atoms with van der Waals surface area (Å²) in [6.07, 6.45) is 3.40. The minimum absolute atomic E-state index is 0.312. The average Bonchev–Trinajstić information content (AvgIpc) is 3.50. The highest BCUT2D eigenvalue weighted by Crippen LogP contribution is 2.31. The van der Waals surface area contributed by atoms with Crippen molar-refractivity contribution >= 4 is 51.6 Å². The third kappa shape index (κ3) is 5.34. The van der Waals surface area contributed by atoms with Crippen LogP contribution in [0, 0.1) is 5.92 Å². The molecular weight excluding hydrogens is 490 g/mol. The third-order valence-corrected chi connectivity index (χ3v) is 6.45. The quantitative estimate of drug-likeness (QED) is 0.372. The molecule has 1 aliphatic heterocycles. The van der Waals surface area contributed by atoms with Crippen LogP contribution in [-0.4, -0.2) is 74.2 Å². The molecule has 12 nitrogen and oxygen atoms in total. The molecule has 200 valence electrons. The molecule has 0 atom stereocenters. The summed E-state index contributed by atoms with van der Waals surface area (Å²) in [5.41, 5.74) is 1.86. The van der Waals surface area contributed by atoms with E-state index in [0.29, 0.717) is 51.9 Å². The second-order valence-corrected chi connectivity index (χ2v) is 10.5. The molecule has 1 saturated heterocycles. The number of carbonyl (C=O) groups is 2. The molecule has 4 aromatic rings. The summed E-state index contributed by atoms with van der Waals surface area (Å²) < 4.78 is 12.1. The second-order valence-electron chi connectivity index (χ2n) is 10.5. The summed E-state index contributed by atoms with van der Waals surface area (Å²) in [6.45, 7) is 7.72. The van der Waals surface area contributed by atoms with E-state index < -0.39 is 11.7 Å². The first-order valence-electron chi connectivity index (χ1n) is 12.5. The van der Waals surface area contributed by atoms with Crippen molar-refractivity contribution in [2.75, 3.05) is 36.9 Å². The molecule has 3 aromatic heterocycles. The van der Waals surface area contributed by atoms with Crippen molar-refractivity contribution in [3.63, 3.8) is 0 Å². The van der Waals surface area contributed by atoms with Crippen LogP contribution in [0.3, 0.4) is 0 Å². The van der Waals surface area contributed by atoms with E-state index in [1.165, 1.54) is 6.20 Å². The highest BCUT2D eigenvalue weighted by Gasteiger charge is 2.27. The number of amides is 1. The summed E-state index contributed by atoms with van der Waals surface area (Å²) in [5.74, 6) is 1.42. The standard InChI is InChI=1S/C26H31N7O5/c1-26(2,3)38-25(36)31(4)15-16-7-10-32(11-8-16)22-21-19(9-12-37-21)29-23(30-22)28-18-6-5-17-14-27-33(24(34)35)20(17)13-18/h5-6,9,12-14,16H,7-8,10-11,15H2,1-4H3,(H,34,35)(H,28,29,30). The molecule has 1 fully saturated rings. The van der Waals surface area contributed by atoms with Gasteiger partial charge in [-0.25, -0.2) is 14.6 Å². The number of ether oxygens (including phenoxy) is 1. The van der Waals surface area contributed by atoms with Crippen LogP contribution in [0.25, 0.3) is 22.0 Å². The van der Waals surface area contributed by atoms with Gasteiger partial charge in [-0.3, -0.25) is 0 Å². The smallest absolute Gasteiger partial charge is 0.432 e. The monoisotopic (exact) mass is 521 g/mol. The molecule has 4 heterocycles. The van der Waals surface area contributed by atoms with Gasteiger partial charge in [-0.2, -0.15) is 14.8 Å². The Kier molecular flexibility index (Phi) is 6.55. The summed E-state index contributed by atoms with van der Waals surface area (Å²) in [4.78, 5) is 37.0. The molecular formula is C26H31N7O5. The predicted octanol–water partition coefficient (Wildman–Crippen LogP) is 4.93. The fourth-order valence-corrected chi connectivity index (χ4v) is 4.62. The summed E-state index contributed by atoms with van der Waals surface area (Å²) in [5, 5.41) is 17.2. The predicted molar refractivity (Wildman–Crippen MR) is 142 cm³/mol. The number of carboxylic acid groups (broad SMARTS) is 1. The van der Waals surface area contributed by atoms with Crippen LogP contribution in [0.5, 0.6) is 0 Å². The van der Waals surface area contributed by atoms with Crippen LogP contribution in [0.2, 0.25) is 0 Å². The maximum Gasteiger partial charge on any atom is 0.432 e. The number of furan rings is 1. The topological polar surface area (TPSA) is 139 Å². The third-order valence-electron chi connectivity index (χ3n) is 6.45. The minimum atomic E-state index is -1.16. The Morgan fingerprint density at radius 2 is 1.97 bits per heavy atom. The molecule has 38 heavy (non-hydrogen) atoms. The lowest BCUT2D eigenvalue weighted by Gasteiger charge is -2.34. The number of nitrogens with one attached hydrogen (secondary N) is 1. The first-order valence-corrected chi connectivity index (χ1v) is 12.5. The first-order chi connectivity index (χ1) is 18.1. The fraction of sp³-hybridized carbons (Fsp3) is 0.423. The summed E-state index contributed by atoms with van der Waals surface area (Å²) >= 11 is 0. The number of anilines is 3. The van der Waals surface area contributed by atoms with E-state index >= 15 is 0 Å². The number of aromatic nitrogens is 4. The lowest BCUT2D eigenvalue weighted by Crippen LogP contribution is -2.41. The first kappa shape index (κ1) is 25.3. The maximum atomic E-state index is 12.4. The summed E-state index contributed by atoms with van der Waals surface area (Å²) in [7, 11) is 1.77. The zero-order valence-electron chi connectivity index (χ0n) is 21.8. The van der Waals surface area contributed by atoms with Crippen molar-refractivity contribution in [2.24, 2.45) is 5.92 Å². The largest absolute Gasteiger partial charge is 0.463 e. The van der Waals surface area contributed by atoms with Gasteiger partial charge in [0.15, 0.2) is 11.4 Å². The van der Waals surface area contributed by atoms with Gasteiger partial charge in [0.25, 0.3) is 0 Å². The van der Waals surface area contributed by atoms with Crippen molar-refractivity contribution in [2.45, 2.75) is 39.2 Å². The van der Waals surface area contributed by atoms with Gasteiger partial charge in [-0.1, -0.05) is 0 Å². The van der Waals surface area contributed by atoms with Gasteiger partial charge in [0.05, 0.1) is 18.0 Å². The van der Waals surface area contributed by atoms with Crippen LogP contribution >= 0.6 is 0 Å². The molecule has 0 aliphatic carbocycles. The SMILES string of the molecule is CN(CC1CCN(c2nc(Nc3ccc4cnn(C(=O)O)c4c3)nc3ccoc23)CC1)C(=O)OC(C)(C)C. The number of carbonyl (C=O) groups excluding carboxylic acids is 1. The molecule has 1 amide bonds. The normalized spacial score (nSPS) is 14.7. The Hall–Kier alpha value is -4.35. The van der Waals surface area contributed by atoms with Crippen LogP contribution in [-0.2, 0) is 4.74 Å². The number of nitrogens with zero attached hydrogens (tertiary/aromatic N) is 6. The molecule has 5 rings (SSSR count). The number of piperidine rings is 1. The molecule has 1 aliphatic rings. The van der Waals surface area contributed by atoms with E-state index in [1.807, 2.05) is 26.8 Å². The van der Waals surface area contributed by atoms with E-state index in [-0.39, 0.29) is 6.09 Å². The maximum absolute atomic E-state index is 12.4. The highest BCUT2D eigenvalue weighted by atomic mass is 16.6. The molecule has 0 unspecified atom stereocenters. The average molecular weight is 522 g/mol. The number of hydrogen-bond donors (Lipinski definition) is 2. The van der Waals surface area contributed by atoms with E-state index in [1.54, 1.807) is 36.4 Å². The molecule has 2 N–H and O–H groups in total. The number of benzene rings is 1. The van der Waals surface area contributed by atoms with E-state index in [2.05, 4.69) is 20.3 Å². The Bertz CT molecular complexity index is 1480. The minimum Gasteiger partial charge on any atom is -0.463 e. The Balaban J connectivity index is 1.30. The van der Waals surface area contributed by atoms with E-state index in [9.17, 15) is 14.7 Å². The zero-order chi connectivity index (χ0) is 27.0. The Morgan fingerprint density at radius 1 is 1.21 bits per heavy atom. The van der Waals surface area contributed by atoms with Crippen LogP contribution in [0.15, 0.2) is 41.1 Å². The van der Waals surface area contributed by atoms with Crippen LogP contribution in [0.4, 0.5) is 27.0 Å². The van der Waals surface area contributed by atoms with Crippen molar-refractivity contribution in [3.8, 4) is 0 Å². The highest BCUT2D eigenvalue weighted by molar-refractivity contribution is 5.90. The van der Waals surface area contributed by atoms with Gasteiger partial charge in [-0.15, -0.1) is 0 Å². The number of rotatable bonds is 5. The van der Waals surface area contributed by atoms with Crippen molar-refractivity contribution < 1.29 is 23.8 Å². The lowest BCUT2D eigenvalue weighted by molar-refractivity contribution is 0.0266.